The Balaban J connectivity index is 3.24. The van der Waals surface area contributed by atoms with Crippen molar-refractivity contribution in [1.29, 1.82) is 0 Å². The molecule has 0 aromatic heterocycles. The zero-order valence-electron chi connectivity index (χ0n) is 16.5. The maximum Gasteiger partial charge on any atom is 0.205 e. The Morgan fingerprint density at radius 2 is 1.83 bits per heavy atom. The van der Waals surface area contributed by atoms with Crippen LogP contribution in [0.25, 0.3) is 0 Å². The van der Waals surface area contributed by atoms with Crippen molar-refractivity contribution >= 4 is 9.04 Å². The molecule has 1 unspecified atom stereocenters. The van der Waals surface area contributed by atoms with Crippen LogP contribution < -0.4 is 4.74 Å². The minimum atomic E-state index is -0.786. The minimum Gasteiger partial charge on any atom is -0.496 e. The van der Waals surface area contributed by atoms with Crippen LogP contribution in [0.15, 0.2) is 12.1 Å². The predicted molar refractivity (Wildman–Crippen MR) is 103 cm³/mol. The summed E-state index contributed by atoms with van der Waals surface area (Å²) < 4.78 is 11.7. The molecule has 0 aliphatic carbocycles. The molecule has 0 amide bonds. The smallest absolute Gasteiger partial charge is 0.205 e. The topological polar surface area (TPSA) is 38.7 Å². The quantitative estimate of drug-likeness (QED) is 0.480. The summed E-state index contributed by atoms with van der Waals surface area (Å²) in [6, 6.07) is 4.17. The lowest BCUT2D eigenvalue weighted by Crippen LogP contribution is -2.18. The third-order valence-electron chi connectivity index (χ3n) is 4.25. The van der Waals surface area contributed by atoms with Crippen molar-refractivity contribution in [3.63, 3.8) is 0 Å². The number of unbranched alkanes of at least 4 members (excludes halogenated alkanes) is 2. The first-order valence-electron chi connectivity index (χ1n) is 9.03. The van der Waals surface area contributed by atoms with Crippen LogP contribution in [0.1, 0.15) is 76.2 Å². The highest BCUT2D eigenvalue weighted by molar-refractivity contribution is 6.48. The highest BCUT2D eigenvalue weighted by Crippen LogP contribution is 2.38. The summed E-state index contributed by atoms with van der Waals surface area (Å²) in [6.07, 6.45) is 3.63. The lowest BCUT2D eigenvalue weighted by molar-refractivity contribution is 0.159. The van der Waals surface area contributed by atoms with E-state index < -0.39 is 15.1 Å². The summed E-state index contributed by atoms with van der Waals surface area (Å²) in [6.45, 7) is 13.6. The second kappa shape index (κ2) is 9.59. The molecule has 1 N–H and O–H groups in total. The van der Waals surface area contributed by atoms with E-state index >= 15 is 0 Å². The fourth-order valence-electron chi connectivity index (χ4n) is 2.96. The van der Waals surface area contributed by atoms with Crippen molar-refractivity contribution in [2.45, 2.75) is 84.6 Å². The van der Waals surface area contributed by atoms with E-state index in [-0.39, 0.29) is 5.41 Å². The zero-order valence-corrected chi connectivity index (χ0v) is 17.5. The van der Waals surface area contributed by atoms with E-state index in [1.807, 2.05) is 6.07 Å². The minimum absolute atomic E-state index is 0.00601. The van der Waals surface area contributed by atoms with Crippen LogP contribution in [0.3, 0.4) is 0 Å². The maximum absolute atomic E-state index is 10.6. The molecule has 0 saturated carbocycles. The van der Waals surface area contributed by atoms with Gasteiger partial charge in [0.15, 0.2) is 0 Å². The SMILES string of the molecule is CCCCCC(O)c1ccc(C(C)(C)C)c(CO[Si](C)C)c1OC. The van der Waals surface area contributed by atoms with E-state index in [0.717, 1.165) is 42.6 Å². The van der Waals surface area contributed by atoms with Crippen LogP contribution in [-0.4, -0.2) is 21.3 Å². The third-order valence-corrected chi connectivity index (χ3v) is 4.97. The molecule has 3 nitrogen and oxygen atoms in total. The van der Waals surface area contributed by atoms with Crippen molar-refractivity contribution in [2.75, 3.05) is 7.11 Å². The summed E-state index contributed by atoms with van der Waals surface area (Å²) in [4.78, 5) is 0. The van der Waals surface area contributed by atoms with Gasteiger partial charge in [0.05, 0.1) is 19.8 Å². The van der Waals surface area contributed by atoms with Crippen molar-refractivity contribution in [3.8, 4) is 5.75 Å². The first kappa shape index (κ1) is 21.2. The lowest BCUT2D eigenvalue weighted by atomic mass is 9.82. The van der Waals surface area contributed by atoms with Crippen LogP contribution in [0, 0.1) is 0 Å². The molecule has 1 aromatic rings. The van der Waals surface area contributed by atoms with Gasteiger partial charge in [-0.1, -0.05) is 59.1 Å². The van der Waals surface area contributed by atoms with Gasteiger partial charge in [0.25, 0.3) is 0 Å². The molecule has 1 rings (SSSR count). The number of aliphatic hydroxyl groups excluding tert-OH is 1. The van der Waals surface area contributed by atoms with Crippen molar-refractivity contribution in [3.05, 3.63) is 28.8 Å². The Morgan fingerprint density at radius 3 is 2.33 bits per heavy atom. The second-order valence-corrected chi connectivity index (χ2v) is 9.78. The number of aliphatic hydroxyl groups is 1. The average Bonchev–Trinajstić information content (AvgIpc) is 2.50. The van der Waals surface area contributed by atoms with Crippen LogP contribution >= 0.6 is 0 Å². The Hall–Kier alpha value is -0.843. The molecule has 137 valence electrons. The second-order valence-electron chi connectivity index (χ2n) is 7.67. The molecule has 0 fully saturated rings. The highest BCUT2D eigenvalue weighted by Gasteiger charge is 2.25. The fraction of sp³-hybridized carbons (Fsp3) is 0.700. The standard InChI is InChI=1S/C20H35O3Si/c1-8-9-10-11-18(21)15-12-13-17(20(2,3)4)16(19(15)22-5)14-23-24(6)7/h12-13,18,21H,8-11,14H2,1-7H3. The van der Waals surface area contributed by atoms with Gasteiger partial charge in [-0.05, 0) is 30.5 Å². The zero-order chi connectivity index (χ0) is 18.3. The van der Waals surface area contributed by atoms with E-state index in [4.69, 9.17) is 9.16 Å². The van der Waals surface area contributed by atoms with Crippen LogP contribution in [0.5, 0.6) is 5.75 Å². The number of rotatable bonds is 9. The van der Waals surface area contributed by atoms with Gasteiger partial charge in [0.2, 0.25) is 9.04 Å². The first-order chi connectivity index (χ1) is 11.2. The number of methoxy groups -OCH3 is 1. The summed E-state index contributed by atoms with van der Waals surface area (Å²) in [5, 5.41) is 10.6. The molecule has 1 radical (unpaired) electrons. The van der Waals surface area contributed by atoms with Crippen LogP contribution in [-0.2, 0) is 16.4 Å². The van der Waals surface area contributed by atoms with Gasteiger partial charge >= 0.3 is 0 Å². The predicted octanol–water partition coefficient (Wildman–Crippen LogP) is 5.37. The molecule has 24 heavy (non-hydrogen) atoms. The fourth-order valence-corrected chi connectivity index (χ4v) is 3.39. The van der Waals surface area contributed by atoms with Crippen molar-refractivity contribution < 1.29 is 14.3 Å². The summed E-state index contributed by atoms with van der Waals surface area (Å²) in [5.41, 5.74) is 3.21. The molecule has 0 aliphatic heterocycles. The van der Waals surface area contributed by atoms with E-state index in [1.54, 1.807) is 7.11 Å². The maximum atomic E-state index is 10.6. The lowest BCUT2D eigenvalue weighted by Gasteiger charge is -2.27. The summed E-state index contributed by atoms with van der Waals surface area (Å²) >= 11 is 0. The van der Waals surface area contributed by atoms with Gasteiger partial charge in [-0.3, -0.25) is 0 Å². The Labute approximate surface area is 150 Å². The van der Waals surface area contributed by atoms with Gasteiger partial charge in [-0.25, -0.2) is 0 Å². The molecular formula is C20H35O3Si. The molecule has 1 aromatic carbocycles. The molecule has 0 bridgehead atoms. The molecule has 0 aliphatic rings. The monoisotopic (exact) mass is 351 g/mol. The van der Waals surface area contributed by atoms with E-state index in [2.05, 4.69) is 46.9 Å². The number of benzene rings is 1. The van der Waals surface area contributed by atoms with Crippen LogP contribution in [0.4, 0.5) is 0 Å². The molecule has 0 saturated heterocycles. The summed E-state index contributed by atoms with van der Waals surface area (Å²) in [5.74, 6) is 0.801. The molecular weight excluding hydrogens is 316 g/mol. The van der Waals surface area contributed by atoms with Gasteiger partial charge < -0.3 is 14.3 Å². The van der Waals surface area contributed by atoms with E-state index in [9.17, 15) is 5.11 Å². The van der Waals surface area contributed by atoms with E-state index in [0.29, 0.717) is 6.61 Å². The normalized spacial score (nSPS) is 13.4. The molecule has 0 heterocycles. The molecule has 1 atom stereocenters. The third kappa shape index (κ3) is 5.90. The first-order valence-corrected chi connectivity index (χ1v) is 11.4. The Bertz CT molecular complexity index is 506. The largest absolute Gasteiger partial charge is 0.496 e. The van der Waals surface area contributed by atoms with Gasteiger partial charge in [-0.15, -0.1) is 0 Å². The number of ether oxygens (including phenoxy) is 1. The molecule has 4 heteroatoms. The van der Waals surface area contributed by atoms with E-state index in [1.165, 1.54) is 5.56 Å². The average molecular weight is 352 g/mol. The van der Waals surface area contributed by atoms with Crippen LogP contribution in [0.2, 0.25) is 13.1 Å². The van der Waals surface area contributed by atoms with Gasteiger partial charge in [0.1, 0.15) is 5.75 Å². The highest BCUT2D eigenvalue weighted by atomic mass is 28.3. The number of hydrogen-bond donors (Lipinski definition) is 1. The van der Waals surface area contributed by atoms with Gasteiger partial charge in [0, 0.05) is 11.1 Å². The van der Waals surface area contributed by atoms with Gasteiger partial charge in [-0.2, -0.15) is 0 Å². The summed E-state index contributed by atoms with van der Waals surface area (Å²) in [7, 11) is 0.906. The van der Waals surface area contributed by atoms with Crippen molar-refractivity contribution in [1.82, 2.24) is 0 Å². The number of hydrogen-bond acceptors (Lipinski definition) is 3. The Morgan fingerprint density at radius 1 is 1.17 bits per heavy atom. The Kier molecular flexibility index (Phi) is 8.47. The molecule has 0 spiro atoms. The van der Waals surface area contributed by atoms with Crippen molar-refractivity contribution in [2.24, 2.45) is 0 Å².